The van der Waals surface area contributed by atoms with E-state index in [0.29, 0.717) is 11.8 Å². The molecule has 1 amide bonds. The van der Waals surface area contributed by atoms with Gasteiger partial charge in [0.25, 0.3) is 0 Å². The molecule has 1 aliphatic heterocycles. The average Bonchev–Trinajstić information content (AvgIpc) is 2.76. The van der Waals surface area contributed by atoms with Crippen molar-refractivity contribution in [1.82, 2.24) is 10.2 Å². The van der Waals surface area contributed by atoms with Gasteiger partial charge in [0, 0.05) is 19.5 Å². The highest BCUT2D eigenvalue weighted by molar-refractivity contribution is 5.76. The molecule has 0 radical (unpaired) electrons. The van der Waals surface area contributed by atoms with Crippen LogP contribution in [0, 0.1) is 11.8 Å². The van der Waals surface area contributed by atoms with Crippen LogP contribution in [0.2, 0.25) is 0 Å². The van der Waals surface area contributed by atoms with Gasteiger partial charge in [-0.3, -0.25) is 4.79 Å². The lowest BCUT2D eigenvalue weighted by molar-refractivity contribution is -0.133. The fourth-order valence-corrected chi connectivity index (χ4v) is 3.91. The van der Waals surface area contributed by atoms with Crippen LogP contribution in [0.3, 0.4) is 0 Å². The molecular weight excluding hydrogens is 260 g/mol. The highest BCUT2D eigenvalue weighted by Gasteiger charge is 2.23. The lowest BCUT2D eigenvalue weighted by Gasteiger charge is -2.31. The predicted molar refractivity (Wildman–Crippen MR) is 88.3 cm³/mol. The van der Waals surface area contributed by atoms with E-state index in [0.717, 1.165) is 44.9 Å². The summed E-state index contributed by atoms with van der Waals surface area (Å²) in [6.07, 6.45) is 12.3. The van der Waals surface area contributed by atoms with Gasteiger partial charge < -0.3 is 10.2 Å². The number of hydrogen-bond acceptors (Lipinski definition) is 2. The van der Waals surface area contributed by atoms with Crippen molar-refractivity contribution in [3.8, 4) is 0 Å². The third kappa shape index (κ3) is 5.98. The molecule has 21 heavy (non-hydrogen) atoms. The molecule has 3 nitrogen and oxygen atoms in total. The van der Waals surface area contributed by atoms with Crippen molar-refractivity contribution in [3.05, 3.63) is 0 Å². The van der Waals surface area contributed by atoms with Crippen LogP contribution in [0.5, 0.6) is 0 Å². The van der Waals surface area contributed by atoms with Crippen molar-refractivity contribution in [2.24, 2.45) is 11.8 Å². The first kappa shape index (κ1) is 16.8. The molecule has 0 unspecified atom stereocenters. The second kappa shape index (κ2) is 9.45. The van der Waals surface area contributed by atoms with Gasteiger partial charge in [0.1, 0.15) is 0 Å². The van der Waals surface area contributed by atoms with Crippen LogP contribution in [0.25, 0.3) is 0 Å². The summed E-state index contributed by atoms with van der Waals surface area (Å²) in [5, 5.41) is 3.42. The Morgan fingerprint density at radius 1 is 1.00 bits per heavy atom. The summed E-state index contributed by atoms with van der Waals surface area (Å²) in [5.74, 6) is 1.81. The van der Waals surface area contributed by atoms with Crippen LogP contribution >= 0.6 is 0 Å². The molecule has 2 aliphatic rings. The second-order valence-electron chi connectivity index (χ2n) is 7.09. The summed E-state index contributed by atoms with van der Waals surface area (Å²) in [7, 11) is 0. The first-order valence-electron chi connectivity index (χ1n) is 9.28. The molecule has 1 saturated carbocycles. The van der Waals surface area contributed by atoms with E-state index in [1.54, 1.807) is 0 Å². The minimum absolute atomic E-state index is 0.433. The molecule has 0 aromatic rings. The minimum Gasteiger partial charge on any atom is -0.342 e. The fraction of sp³-hybridized carbons (Fsp3) is 0.944. The molecule has 0 aromatic carbocycles. The minimum atomic E-state index is 0.433. The smallest absolute Gasteiger partial charge is 0.222 e. The molecule has 1 heterocycles. The predicted octanol–water partition coefficient (Wildman–Crippen LogP) is 3.59. The van der Waals surface area contributed by atoms with Gasteiger partial charge in [-0.2, -0.15) is 0 Å². The molecule has 2 rings (SSSR count). The van der Waals surface area contributed by atoms with Gasteiger partial charge in [0.05, 0.1) is 0 Å². The standard InChI is InChI=1S/C18H34N2O/c1-2-13-20(15-17-9-11-19-12-10-17)18(21)14-16-7-5-3-4-6-8-16/h16-17,19H,2-15H2,1H3. The van der Waals surface area contributed by atoms with E-state index in [4.69, 9.17) is 0 Å². The lowest BCUT2D eigenvalue weighted by atomic mass is 9.94. The number of rotatable bonds is 6. The summed E-state index contributed by atoms with van der Waals surface area (Å²) >= 11 is 0. The van der Waals surface area contributed by atoms with E-state index in [1.165, 1.54) is 51.4 Å². The monoisotopic (exact) mass is 294 g/mol. The molecule has 0 bridgehead atoms. The van der Waals surface area contributed by atoms with Gasteiger partial charge in [-0.05, 0) is 57.0 Å². The van der Waals surface area contributed by atoms with E-state index in [9.17, 15) is 4.79 Å². The van der Waals surface area contributed by atoms with E-state index < -0.39 is 0 Å². The zero-order chi connectivity index (χ0) is 14.9. The molecule has 0 spiro atoms. The Balaban J connectivity index is 1.81. The van der Waals surface area contributed by atoms with Crippen molar-refractivity contribution in [3.63, 3.8) is 0 Å². The van der Waals surface area contributed by atoms with Crippen LogP contribution in [-0.2, 0) is 4.79 Å². The summed E-state index contributed by atoms with van der Waals surface area (Å²) < 4.78 is 0. The first-order valence-corrected chi connectivity index (χ1v) is 9.28. The van der Waals surface area contributed by atoms with Crippen LogP contribution in [0.1, 0.15) is 71.1 Å². The van der Waals surface area contributed by atoms with Gasteiger partial charge in [0.2, 0.25) is 5.91 Å². The maximum absolute atomic E-state index is 12.7. The number of hydrogen-bond donors (Lipinski definition) is 1. The molecule has 0 aromatic heterocycles. The van der Waals surface area contributed by atoms with E-state index in [-0.39, 0.29) is 0 Å². The quantitative estimate of drug-likeness (QED) is 0.759. The van der Waals surface area contributed by atoms with E-state index in [2.05, 4.69) is 17.1 Å². The maximum atomic E-state index is 12.7. The SMILES string of the molecule is CCCN(CC1CCNCC1)C(=O)CC1CCCCCC1. The van der Waals surface area contributed by atoms with Gasteiger partial charge in [-0.1, -0.05) is 32.6 Å². The number of carbonyl (C=O) groups excluding carboxylic acids is 1. The lowest BCUT2D eigenvalue weighted by Crippen LogP contribution is -2.40. The number of nitrogens with zero attached hydrogens (tertiary/aromatic N) is 1. The normalized spacial score (nSPS) is 22.0. The van der Waals surface area contributed by atoms with Crippen molar-refractivity contribution in [1.29, 1.82) is 0 Å². The Morgan fingerprint density at radius 3 is 2.29 bits per heavy atom. The summed E-state index contributed by atoms with van der Waals surface area (Å²) in [6, 6.07) is 0. The summed E-state index contributed by atoms with van der Waals surface area (Å²) in [5.41, 5.74) is 0. The first-order chi connectivity index (χ1) is 10.3. The third-order valence-corrected chi connectivity index (χ3v) is 5.22. The van der Waals surface area contributed by atoms with Crippen LogP contribution in [-0.4, -0.2) is 37.0 Å². The van der Waals surface area contributed by atoms with E-state index >= 15 is 0 Å². The zero-order valence-electron chi connectivity index (χ0n) is 13.9. The Bertz CT molecular complexity index is 292. The Kier molecular flexibility index (Phi) is 7.56. The van der Waals surface area contributed by atoms with Gasteiger partial charge in [-0.25, -0.2) is 0 Å². The summed E-state index contributed by atoms with van der Waals surface area (Å²) in [6.45, 7) is 6.40. The van der Waals surface area contributed by atoms with Gasteiger partial charge in [-0.15, -0.1) is 0 Å². The van der Waals surface area contributed by atoms with Crippen molar-refractivity contribution in [2.75, 3.05) is 26.2 Å². The maximum Gasteiger partial charge on any atom is 0.222 e. The topological polar surface area (TPSA) is 32.3 Å². The molecule has 1 saturated heterocycles. The Labute approximate surface area is 130 Å². The highest BCUT2D eigenvalue weighted by Crippen LogP contribution is 2.26. The number of nitrogens with one attached hydrogen (secondary N) is 1. The Morgan fingerprint density at radius 2 is 1.67 bits per heavy atom. The Hall–Kier alpha value is -0.570. The number of piperidine rings is 1. The van der Waals surface area contributed by atoms with Crippen molar-refractivity contribution >= 4 is 5.91 Å². The van der Waals surface area contributed by atoms with Crippen molar-refractivity contribution in [2.45, 2.75) is 71.1 Å². The van der Waals surface area contributed by atoms with E-state index in [1.807, 2.05) is 0 Å². The van der Waals surface area contributed by atoms with Gasteiger partial charge in [0.15, 0.2) is 0 Å². The molecule has 3 heteroatoms. The summed E-state index contributed by atoms with van der Waals surface area (Å²) in [4.78, 5) is 14.9. The fourth-order valence-electron chi connectivity index (χ4n) is 3.91. The highest BCUT2D eigenvalue weighted by atomic mass is 16.2. The molecule has 1 N–H and O–H groups in total. The van der Waals surface area contributed by atoms with Gasteiger partial charge >= 0.3 is 0 Å². The van der Waals surface area contributed by atoms with Crippen LogP contribution in [0.4, 0.5) is 0 Å². The third-order valence-electron chi connectivity index (χ3n) is 5.22. The molecule has 2 fully saturated rings. The van der Waals surface area contributed by atoms with Crippen LogP contribution < -0.4 is 5.32 Å². The molecule has 1 aliphatic carbocycles. The molecule has 122 valence electrons. The molecular formula is C18H34N2O. The largest absolute Gasteiger partial charge is 0.342 e. The van der Waals surface area contributed by atoms with Crippen molar-refractivity contribution < 1.29 is 4.79 Å². The number of amides is 1. The second-order valence-corrected chi connectivity index (χ2v) is 7.09. The average molecular weight is 294 g/mol. The van der Waals surface area contributed by atoms with Crippen LogP contribution in [0.15, 0.2) is 0 Å². The zero-order valence-corrected chi connectivity index (χ0v) is 13.9. The number of carbonyl (C=O) groups is 1. The molecule has 0 atom stereocenters.